The maximum absolute atomic E-state index is 13.6. The van der Waals surface area contributed by atoms with Crippen LogP contribution in [0.5, 0.6) is 0 Å². The Bertz CT molecular complexity index is 1120. The maximum Gasteiger partial charge on any atom is 0.277 e. The molecule has 9 heteroatoms. The largest absolute Gasteiger partial charge is 0.327 e. The first kappa shape index (κ1) is 17.5. The van der Waals surface area contributed by atoms with Crippen LogP contribution in [0.2, 0.25) is 0 Å². The van der Waals surface area contributed by atoms with E-state index in [-0.39, 0.29) is 23.5 Å². The van der Waals surface area contributed by atoms with E-state index in [9.17, 15) is 18.4 Å². The van der Waals surface area contributed by atoms with Crippen molar-refractivity contribution in [3.8, 4) is 0 Å². The first-order chi connectivity index (χ1) is 12.9. The average molecular weight is 373 g/mol. The van der Waals surface area contributed by atoms with Crippen LogP contribution >= 0.6 is 0 Å². The molecule has 0 spiro atoms. The summed E-state index contributed by atoms with van der Waals surface area (Å²) in [4.78, 5) is 35.4. The number of rotatable bonds is 3. The summed E-state index contributed by atoms with van der Waals surface area (Å²) in [6.45, 7) is 1.60. The molecule has 4 rings (SSSR count). The van der Waals surface area contributed by atoms with Gasteiger partial charge in [0.1, 0.15) is 5.82 Å². The van der Waals surface area contributed by atoms with Gasteiger partial charge in [-0.05, 0) is 43.0 Å². The number of H-pyrrole nitrogens is 1. The summed E-state index contributed by atoms with van der Waals surface area (Å²) in [7, 11) is 0. The van der Waals surface area contributed by atoms with Gasteiger partial charge in [0.15, 0.2) is 22.8 Å². The highest BCUT2D eigenvalue weighted by Crippen LogP contribution is 2.37. The van der Waals surface area contributed by atoms with Crippen molar-refractivity contribution in [2.75, 3.05) is 0 Å². The van der Waals surface area contributed by atoms with Gasteiger partial charge in [-0.15, -0.1) is 0 Å². The lowest BCUT2D eigenvalue weighted by molar-refractivity contribution is 0.0892. The Hall–Kier alpha value is -2.94. The smallest absolute Gasteiger partial charge is 0.277 e. The normalized spacial score (nSPS) is 17.3. The number of imidazole rings is 1. The summed E-state index contributed by atoms with van der Waals surface area (Å²) >= 11 is 0. The molecule has 0 radical (unpaired) electrons. The molecule has 1 aliphatic rings. The Labute approximate surface area is 152 Å². The van der Waals surface area contributed by atoms with E-state index in [2.05, 4.69) is 15.0 Å². The third-order valence-corrected chi connectivity index (χ3v) is 5.11. The van der Waals surface area contributed by atoms with Crippen LogP contribution in [0.1, 0.15) is 40.5 Å². The first-order valence-electron chi connectivity index (χ1n) is 8.56. The topological polar surface area (TPSA) is 107 Å². The van der Waals surface area contributed by atoms with Crippen molar-refractivity contribution >= 4 is 17.1 Å². The van der Waals surface area contributed by atoms with E-state index in [1.54, 1.807) is 6.92 Å². The number of nitrogens with two attached hydrogens (primary N) is 1. The summed E-state index contributed by atoms with van der Waals surface area (Å²) in [6, 6.07) is 1.76. The fraction of sp³-hybridized carbons (Fsp3) is 0.333. The van der Waals surface area contributed by atoms with Crippen LogP contribution in [0.3, 0.4) is 0 Å². The Morgan fingerprint density at radius 1 is 1.41 bits per heavy atom. The van der Waals surface area contributed by atoms with Crippen molar-refractivity contribution in [1.29, 1.82) is 0 Å². The van der Waals surface area contributed by atoms with Gasteiger partial charge in [0.2, 0.25) is 5.91 Å². The maximum atomic E-state index is 13.6. The number of aryl methyl sites for hydroxylation is 2. The SMILES string of the molecule is Cc1nc2nc[nH]c(=O)c2n1C(=O)CC(N)C1CCc2cc(F)c(F)cc21. The predicted octanol–water partition coefficient (Wildman–Crippen LogP) is 1.79. The van der Waals surface area contributed by atoms with Crippen LogP contribution in [0.4, 0.5) is 8.78 Å². The fourth-order valence-electron chi connectivity index (χ4n) is 3.85. The second-order valence-electron chi connectivity index (χ2n) is 6.77. The molecule has 3 N–H and O–H groups in total. The second kappa shape index (κ2) is 6.34. The van der Waals surface area contributed by atoms with E-state index in [1.165, 1.54) is 23.0 Å². The Morgan fingerprint density at radius 2 is 2.15 bits per heavy atom. The lowest BCUT2D eigenvalue weighted by Gasteiger charge is -2.20. The van der Waals surface area contributed by atoms with Crippen LogP contribution in [-0.4, -0.2) is 31.5 Å². The van der Waals surface area contributed by atoms with E-state index < -0.39 is 29.1 Å². The summed E-state index contributed by atoms with van der Waals surface area (Å²) < 4.78 is 28.3. The third kappa shape index (κ3) is 2.84. The second-order valence-corrected chi connectivity index (χ2v) is 6.77. The molecule has 0 saturated carbocycles. The van der Waals surface area contributed by atoms with E-state index in [4.69, 9.17) is 5.73 Å². The van der Waals surface area contributed by atoms with Crippen molar-refractivity contribution in [2.45, 2.75) is 38.1 Å². The van der Waals surface area contributed by atoms with Gasteiger partial charge in [0.25, 0.3) is 5.56 Å². The number of aromatic amines is 1. The lowest BCUT2D eigenvalue weighted by atomic mass is 9.91. The molecule has 0 bridgehead atoms. The van der Waals surface area contributed by atoms with Crippen molar-refractivity contribution in [1.82, 2.24) is 19.5 Å². The number of carbonyl (C=O) groups excluding carboxylic acids is 1. The van der Waals surface area contributed by atoms with E-state index in [0.29, 0.717) is 29.8 Å². The fourth-order valence-corrected chi connectivity index (χ4v) is 3.85. The summed E-state index contributed by atoms with van der Waals surface area (Å²) in [6.07, 6.45) is 2.35. The van der Waals surface area contributed by atoms with Crippen molar-refractivity contribution in [3.63, 3.8) is 0 Å². The quantitative estimate of drug-likeness (QED) is 0.728. The summed E-state index contributed by atoms with van der Waals surface area (Å²) in [5, 5.41) is 0. The van der Waals surface area contributed by atoms with Crippen molar-refractivity contribution in [2.24, 2.45) is 5.73 Å². The molecule has 140 valence electrons. The molecule has 2 atom stereocenters. The molecule has 0 aliphatic heterocycles. The van der Waals surface area contributed by atoms with Gasteiger partial charge in [0, 0.05) is 18.4 Å². The van der Waals surface area contributed by atoms with Crippen LogP contribution in [0.25, 0.3) is 11.2 Å². The van der Waals surface area contributed by atoms with E-state index >= 15 is 0 Å². The van der Waals surface area contributed by atoms with Crippen LogP contribution in [0.15, 0.2) is 23.3 Å². The predicted molar refractivity (Wildman–Crippen MR) is 93.5 cm³/mol. The average Bonchev–Trinajstić information content (AvgIpc) is 3.16. The highest BCUT2D eigenvalue weighted by molar-refractivity contribution is 5.89. The van der Waals surface area contributed by atoms with Gasteiger partial charge < -0.3 is 10.7 Å². The number of benzene rings is 1. The molecule has 0 amide bonds. The Balaban J connectivity index is 1.63. The monoisotopic (exact) mass is 373 g/mol. The first-order valence-corrected chi connectivity index (χ1v) is 8.56. The van der Waals surface area contributed by atoms with Gasteiger partial charge >= 0.3 is 0 Å². The van der Waals surface area contributed by atoms with Crippen molar-refractivity contribution in [3.05, 3.63) is 57.4 Å². The highest BCUT2D eigenvalue weighted by atomic mass is 19.2. The molecule has 0 saturated heterocycles. The number of carbonyl (C=O) groups is 1. The molecule has 0 fully saturated rings. The van der Waals surface area contributed by atoms with E-state index in [1.807, 2.05) is 0 Å². The molecular weight excluding hydrogens is 356 g/mol. The highest BCUT2D eigenvalue weighted by Gasteiger charge is 2.31. The van der Waals surface area contributed by atoms with E-state index in [0.717, 1.165) is 0 Å². The molecule has 27 heavy (non-hydrogen) atoms. The third-order valence-electron chi connectivity index (χ3n) is 5.11. The minimum Gasteiger partial charge on any atom is -0.327 e. The van der Waals surface area contributed by atoms with Gasteiger partial charge in [-0.1, -0.05) is 0 Å². The molecule has 7 nitrogen and oxygen atoms in total. The van der Waals surface area contributed by atoms with Gasteiger partial charge in [-0.25, -0.2) is 18.7 Å². The molecule has 2 heterocycles. The molecule has 1 aliphatic carbocycles. The van der Waals surface area contributed by atoms with Crippen LogP contribution < -0.4 is 11.3 Å². The number of fused-ring (bicyclic) bond motifs is 2. The minimum atomic E-state index is -0.923. The molecule has 1 aromatic carbocycles. The molecule has 2 aromatic heterocycles. The molecular formula is C18H17F2N5O2. The zero-order chi connectivity index (χ0) is 19.3. The van der Waals surface area contributed by atoms with Crippen LogP contribution in [-0.2, 0) is 6.42 Å². The number of hydrogen-bond acceptors (Lipinski definition) is 5. The zero-order valence-corrected chi connectivity index (χ0v) is 14.5. The van der Waals surface area contributed by atoms with Crippen molar-refractivity contribution < 1.29 is 13.6 Å². The summed E-state index contributed by atoms with van der Waals surface area (Å²) in [5.74, 6) is -2.12. The number of nitrogens with zero attached hydrogens (tertiary/aromatic N) is 3. The number of nitrogens with one attached hydrogen (secondary N) is 1. The Morgan fingerprint density at radius 3 is 2.93 bits per heavy atom. The lowest BCUT2D eigenvalue weighted by Crippen LogP contribution is -2.32. The van der Waals surface area contributed by atoms with Gasteiger partial charge in [-0.2, -0.15) is 0 Å². The number of aromatic nitrogens is 4. The zero-order valence-electron chi connectivity index (χ0n) is 14.5. The van der Waals surface area contributed by atoms with Gasteiger partial charge in [0.05, 0.1) is 6.33 Å². The number of hydrogen-bond donors (Lipinski definition) is 2. The number of halogens is 2. The molecule has 3 aromatic rings. The standard InChI is InChI=1S/C18H17F2N5O2/c1-8-24-17-16(18(27)23-7-22-17)25(8)15(26)6-14(21)10-3-2-9-4-12(19)13(20)5-11(9)10/h4-5,7,10,14H,2-3,6,21H2,1H3,(H,22,23,27). The summed E-state index contributed by atoms with van der Waals surface area (Å²) in [5.41, 5.74) is 7.40. The van der Waals surface area contributed by atoms with Crippen LogP contribution in [0, 0.1) is 18.6 Å². The minimum absolute atomic E-state index is 0.0657. The Kier molecular flexibility index (Phi) is 4.11. The molecule has 2 unspecified atom stereocenters. The van der Waals surface area contributed by atoms with Gasteiger partial charge in [-0.3, -0.25) is 14.2 Å².